The van der Waals surface area contributed by atoms with Crippen LogP contribution in [-0.4, -0.2) is 0 Å². The van der Waals surface area contributed by atoms with Crippen molar-refractivity contribution in [3.8, 4) is 0 Å². The van der Waals surface area contributed by atoms with E-state index in [1.807, 2.05) is 0 Å². The van der Waals surface area contributed by atoms with Crippen LogP contribution >= 0.6 is 0 Å². The van der Waals surface area contributed by atoms with E-state index in [4.69, 9.17) is 5.73 Å². The fourth-order valence-electron chi connectivity index (χ4n) is 3.37. The first-order chi connectivity index (χ1) is 11.9. The number of benzene rings is 1. The Morgan fingerprint density at radius 2 is 0.917 bits per heavy atom. The lowest BCUT2D eigenvalue weighted by Gasteiger charge is -2.04. The molecule has 0 amide bonds. The van der Waals surface area contributed by atoms with Crippen molar-refractivity contribution in [3.63, 3.8) is 0 Å². The summed E-state index contributed by atoms with van der Waals surface area (Å²) in [5.41, 5.74) is 8.33. The topological polar surface area (TPSA) is 26.0 Å². The quantitative estimate of drug-likeness (QED) is 0.319. The monoisotopic (exact) mass is 331 g/mol. The van der Waals surface area contributed by atoms with Gasteiger partial charge in [-0.3, -0.25) is 0 Å². The van der Waals surface area contributed by atoms with E-state index in [1.165, 1.54) is 107 Å². The summed E-state index contributed by atoms with van der Waals surface area (Å²) in [6.45, 7) is 2.94. The predicted molar refractivity (Wildman–Crippen MR) is 108 cm³/mol. The number of nitrogens with two attached hydrogens (primary N) is 1. The van der Waals surface area contributed by atoms with Crippen molar-refractivity contribution < 1.29 is 0 Å². The molecule has 1 aromatic carbocycles. The van der Waals surface area contributed by atoms with Crippen molar-refractivity contribution in [1.82, 2.24) is 0 Å². The summed E-state index contributed by atoms with van der Waals surface area (Å²) in [7, 11) is 0. The van der Waals surface area contributed by atoms with Crippen LogP contribution in [0.3, 0.4) is 0 Å². The molecule has 0 spiro atoms. The minimum Gasteiger partial charge on any atom is -0.326 e. The summed E-state index contributed by atoms with van der Waals surface area (Å²) in [5.74, 6) is 0. The van der Waals surface area contributed by atoms with Crippen molar-refractivity contribution in [2.24, 2.45) is 5.73 Å². The van der Waals surface area contributed by atoms with Crippen LogP contribution in [0.5, 0.6) is 0 Å². The van der Waals surface area contributed by atoms with Crippen LogP contribution in [0.1, 0.15) is 108 Å². The Hall–Kier alpha value is -0.820. The summed E-state index contributed by atoms with van der Waals surface area (Å²) in [5, 5.41) is 0. The van der Waals surface area contributed by atoms with Crippen molar-refractivity contribution in [3.05, 3.63) is 35.4 Å². The highest BCUT2D eigenvalue weighted by Crippen LogP contribution is 2.14. The molecule has 0 aliphatic carbocycles. The lowest BCUT2D eigenvalue weighted by atomic mass is 10.0. The van der Waals surface area contributed by atoms with Crippen molar-refractivity contribution >= 4 is 0 Å². The average molecular weight is 332 g/mol. The zero-order valence-corrected chi connectivity index (χ0v) is 16.2. The van der Waals surface area contributed by atoms with E-state index in [0.29, 0.717) is 6.54 Å². The third kappa shape index (κ3) is 11.7. The smallest absolute Gasteiger partial charge is 0.0178 e. The molecule has 0 aromatic heterocycles. The van der Waals surface area contributed by atoms with Gasteiger partial charge >= 0.3 is 0 Å². The van der Waals surface area contributed by atoms with Gasteiger partial charge in [0.1, 0.15) is 0 Å². The molecule has 0 heterocycles. The number of aryl methyl sites for hydroxylation is 1. The second-order valence-electron chi connectivity index (χ2n) is 7.37. The number of rotatable bonds is 16. The van der Waals surface area contributed by atoms with Gasteiger partial charge in [0.05, 0.1) is 0 Å². The summed E-state index contributed by atoms with van der Waals surface area (Å²) in [4.78, 5) is 0. The normalized spacial score (nSPS) is 11.1. The van der Waals surface area contributed by atoms with Crippen LogP contribution in [0.25, 0.3) is 0 Å². The molecule has 1 heteroatoms. The van der Waals surface area contributed by atoms with Gasteiger partial charge in [-0.25, -0.2) is 0 Å². The van der Waals surface area contributed by atoms with E-state index in [2.05, 4.69) is 31.2 Å². The fourth-order valence-corrected chi connectivity index (χ4v) is 3.37. The Morgan fingerprint density at radius 1 is 0.542 bits per heavy atom. The number of unbranched alkanes of at least 4 members (excludes halogenated alkanes) is 13. The summed E-state index contributed by atoms with van der Waals surface area (Å²) in [6.07, 6.45) is 21.2. The maximum Gasteiger partial charge on any atom is 0.0178 e. The largest absolute Gasteiger partial charge is 0.326 e. The van der Waals surface area contributed by atoms with Gasteiger partial charge < -0.3 is 5.73 Å². The van der Waals surface area contributed by atoms with Gasteiger partial charge in [-0.05, 0) is 24.0 Å². The molecule has 0 saturated carbocycles. The van der Waals surface area contributed by atoms with Crippen LogP contribution in [0.4, 0.5) is 0 Å². The molecule has 2 N–H and O–H groups in total. The van der Waals surface area contributed by atoms with E-state index in [0.717, 1.165) is 0 Å². The van der Waals surface area contributed by atoms with Gasteiger partial charge in [0.25, 0.3) is 0 Å². The Balaban J connectivity index is 1.80. The van der Waals surface area contributed by atoms with Gasteiger partial charge in [0.15, 0.2) is 0 Å². The van der Waals surface area contributed by atoms with E-state index in [9.17, 15) is 0 Å². The maximum atomic E-state index is 5.63. The van der Waals surface area contributed by atoms with Gasteiger partial charge in [-0.1, -0.05) is 115 Å². The zero-order chi connectivity index (χ0) is 17.3. The minimum atomic E-state index is 0.652. The summed E-state index contributed by atoms with van der Waals surface area (Å²) >= 11 is 0. The summed E-state index contributed by atoms with van der Waals surface area (Å²) in [6, 6.07) is 8.81. The Kier molecular flexibility index (Phi) is 13.9. The molecule has 0 atom stereocenters. The standard InChI is InChI=1S/C23H41N/c1-2-3-4-5-6-7-8-9-10-11-12-13-14-15-16-22-17-19-23(21-24)20-18-22/h17-20H,2-16,21,24H2,1H3. The average Bonchev–Trinajstić information content (AvgIpc) is 2.62. The predicted octanol–water partition coefficient (Wildman–Crippen LogP) is 7.17. The minimum absolute atomic E-state index is 0.652. The van der Waals surface area contributed by atoms with Gasteiger partial charge in [-0.2, -0.15) is 0 Å². The molecule has 0 radical (unpaired) electrons. The van der Waals surface area contributed by atoms with E-state index >= 15 is 0 Å². The van der Waals surface area contributed by atoms with E-state index in [1.54, 1.807) is 0 Å². The Labute approximate surface area is 151 Å². The lowest BCUT2D eigenvalue weighted by Crippen LogP contribution is -1.96. The van der Waals surface area contributed by atoms with Crippen LogP contribution in [0, 0.1) is 0 Å². The molecule has 0 aliphatic rings. The first-order valence-electron chi connectivity index (χ1n) is 10.6. The van der Waals surface area contributed by atoms with Crippen LogP contribution < -0.4 is 5.73 Å². The second-order valence-corrected chi connectivity index (χ2v) is 7.37. The Morgan fingerprint density at radius 3 is 1.33 bits per heavy atom. The zero-order valence-electron chi connectivity index (χ0n) is 16.2. The highest BCUT2D eigenvalue weighted by atomic mass is 14.5. The molecule has 138 valence electrons. The summed E-state index contributed by atoms with van der Waals surface area (Å²) < 4.78 is 0. The fraction of sp³-hybridized carbons (Fsp3) is 0.739. The van der Waals surface area contributed by atoms with Crippen LogP contribution in [0.2, 0.25) is 0 Å². The molecule has 24 heavy (non-hydrogen) atoms. The molecule has 0 aliphatic heterocycles. The van der Waals surface area contributed by atoms with Crippen molar-refractivity contribution in [1.29, 1.82) is 0 Å². The SMILES string of the molecule is CCCCCCCCCCCCCCCCc1ccc(CN)cc1. The van der Waals surface area contributed by atoms with Gasteiger partial charge in [-0.15, -0.1) is 0 Å². The highest BCUT2D eigenvalue weighted by molar-refractivity contribution is 5.22. The third-order valence-electron chi connectivity index (χ3n) is 5.08. The molecule has 1 aromatic rings. The molecular weight excluding hydrogens is 290 g/mol. The second kappa shape index (κ2) is 15.7. The number of hydrogen-bond acceptors (Lipinski definition) is 1. The first kappa shape index (κ1) is 21.2. The van der Waals surface area contributed by atoms with E-state index in [-0.39, 0.29) is 0 Å². The van der Waals surface area contributed by atoms with Crippen molar-refractivity contribution in [2.75, 3.05) is 0 Å². The maximum absolute atomic E-state index is 5.63. The number of hydrogen-bond donors (Lipinski definition) is 1. The molecule has 0 unspecified atom stereocenters. The van der Waals surface area contributed by atoms with Crippen LogP contribution in [-0.2, 0) is 13.0 Å². The third-order valence-corrected chi connectivity index (χ3v) is 5.08. The highest BCUT2D eigenvalue weighted by Gasteiger charge is 1.96. The molecule has 1 nitrogen and oxygen atoms in total. The molecule has 0 fully saturated rings. The molecule has 0 saturated heterocycles. The van der Waals surface area contributed by atoms with Gasteiger partial charge in [0, 0.05) is 6.54 Å². The van der Waals surface area contributed by atoms with Crippen LogP contribution in [0.15, 0.2) is 24.3 Å². The molecular formula is C23H41N. The van der Waals surface area contributed by atoms with Gasteiger partial charge in [0.2, 0.25) is 0 Å². The van der Waals surface area contributed by atoms with E-state index < -0.39 is 0 Å². The first-order valence-corrected chi connectivity index (χ1v) is 10.6. The van der Waals surface area contributed by atoms with Crippen molar-refractivity contribution in [2.45, 2.75) is 110 Å². The Bertz CT molecular complexity index is 368. The lowest BCUT2D eigenvalue weighted by molar-refractivity contribution is 0.535. The molecule has 0 bridgehead atoms. The molecule has 1 rings (SSSR count).